The lowest BCUT2D eigenvalue weighted by atomic mass is 9.46. The van der Waals surface area contributed by atoms with E-state index in [1.165, 1.54) is 12.5 Å². The maximum atomic E-state index is 12.8. The molecule has 0 saturated heterocycles. The monoisotopic (exact) mass is 445 g/mol. The Morgan fingerprint density at radius 1 is 1.28 bits per heavy atom. The number of aliphatic carboxylic acids is 1. The molecule has 0 spiro atoms. The molecule has 0 heterocycles. The number of rotatable bonds is 6. The third-order valence-corrected chi connectivity index (χ3v) is 8.53. The quantitative estimate of drug-likeness (QED) is 0.280. The van der Waals surface area contributed by atoms with Crippen LogP contribution in [0.3, 0.4) is 0 Å². The van der Waals surface area contributed by atoms with Crippen molar-refractivity contribution in [1.82, 2.24) is 5.32 Å². The van der Waals surface area contributed by atoms with Crippen molar-refractivity contribution in [2.24, 2.45) is 22.7 Å². The molecule has 0 radical (unpaired) electrons. The van der Waals surface area contributed by atoms with Gasteiger partial charge in [-0.2, -0.15) is 0 Å². The Hall–Kier alpha value is -2.41. The summed E-state index contributed by atoms with van der Waals surface area (Å²) in [6, 6.07) is -1.43. The molecule has 0 bridgehead atoms. The van der Waals surface area contributed by atoms with Crippen molar-refractivity contribution in [3.05, 3.63) is 34.8 Å². The molecule has 3 rings (SSSR count). The number of hydrogen-bond donors (Lipinski definition) is 4. The van der Waals surface area contributed by atoms with Crippen LogP contribution in [0.2, 0.25) is 0 Å². The number of carbonyl (C=O) groups excluding carboxylic acids is 2. The molecule has 176 valence electrons. The van der Waals surface area contributed by atoms with Crippen molar-refractivity contribution >= 4 is 17.5 Å². The molecule has 1 fully saturated rings. The van der Waals surface area contributed by atoms with Gasteiger partial charge < -0.3 is 20.6 Å². The summed E-state index contributed by atoms with van der Waals surface area (Å²) in [6.07, 6.45) is 6.18. The lowest BCUT2D eigenvalue weighted by molar-refractivity contribution is -0.141. The fraction of sp³-hybridized carbons (Fsp3) is 0.640. The number of carboxylic acids is 1. The number of aliphatic hydroxyl groups excluding tert-OH is 2. The minimum atomic E-state index is -1.43. The molecule has 1 saturated carbocycles. The Balaban J connectivity index is 2.00. The number of carboxylic acid groups (broad SMARTS) is 1. The van der Waals surface area contributed by atoms with E-state index in [9.17, 15) is 29.7 Å². The molecule has 0 aromatic carbocycles. The van der Waals surface area contributed by atoms with Crippen molar-refractivity contribution in [2.45, 2.75) is 78.9 Å². The van der Waals surface area contributed by atoms with Crippen LogP contribution in [-0.4, -0.2) is 45.0 Å². The van der Waals surface area contributed by atoms with Crippen molar-refractivity contribution in [3.63, 3.8) is 0 Å². The second-order valence-corrected chi connectivity index (χ2v) is 10.3. The first-order valence-electron chi connectivity index (χ1n) is 11.4. The molecular weight excluding hydrogens is 410 g/mol. The van der Waals surface area contributed by atoms with Crippen molar-refractivity contribution in [3.8, 4) is 0 Å². The van der Waals surface area contributed by atoms with E-state index in [4.69, 9.17) is 0 Å². The van der Waals surface area contributed by atoms with Crippen LogP contribution in [0, 0.1) is 22.7 Å². The molecule has 0 aromatic heterocycles. The summed E-state index contributed by atoms with van der Waals surface area (Å²) in [4.78, 5) is 36.8. The first-order chi connectivity index (χ1) is 14.8. The number of Topliss-reactive ketones (excluding diaryl/α,β-unsaturated/α-hetero) is 1. The second kappa shape index (κ2) is 8.50. The minimum Gasteiger partial charge on any atom is -0.505 e. The third-order valence-electron chi connectivity index (χ3n) is 8.53. The Labute approximate surface area is 189 Å². The average Bonchev–Trinajstić information content (AvgIpc) is 2.71. The van der Waals surface area contributed by atoms with Gasteiger partial charge in [0.15, 0.2) is 6.04 Å². The lowest BCUT2D eigenvalue weighted by Gasteiger charge is -2.58. The van der Waals surface area contributed by atoms with Crippen molar-refractivity contribution in [1.29, 1.82) is 0 Å². The van der Waals surface area contributed by atoms with Crippen molar-refractivity contribution < 1.29 is 29.7 Å². The van der Waals surface area contributed by atoms with Gasteiger partial charge in [-0.15, -0.1) is 0 Å². The van der Waals surface area contributed by atoms with E-state index < -0.39 is 35.4 Å². The van der Waals surface area contributed by atoms with Gasteiger partial charge >= 0.3 is 5.97 Å². The highest BCUT2D eigenvalue weighted by molar-refractivity contribution is 6.48. The fourth-order valence-corrected chi connectivity index (χ4v) is 6.10. The van der Waals surface area contributed by atoms with Gasteiger partial charge in [-0.1, -0.05) is 32.4 Å². The zero-order valence-corrected chi connectivity index (χ0v) is 19.6. The Kier molecular flexibility index (Phi) is 6.44. The molecule has 3 aliphatic carbocycles. The molecule has 2 unspecified atom stereocenters. The maximum Gasteiger partial charge on any atom is 0.328 e. The van der Waals surface area contributed by atoms with Gasteiger partial charge in [0.25, 0.3) is 0 Å². The molecule has 0 amide bonds. The van der Waals surface area contributed by atoms with Crippen LogP contribution in [0.5, 0.6) is 0 Å². The van der Waals surface area contributed by atoms with Crippen molar-refractivity contribution in [2.75, 3.05) is 0 Å². The van der Waals surface area contributed by atoms with Gasteiger partial charge in [0.1, 0.15) is 5.76 Å². The molecule has 0 aliphatic heterocycles. The summed E-state index contributed by atoms with van der Waals surface area (Å²) < 4.78 is 0. The number of aliphatic hydroxyl groups is 2. The molecule has 0 aromatic rings. The van der Waals surface area contributed by atoms with E-state index in [0.29, 0.717) is 5.92 Å². The molecule has 6 atom stereocenters. The number of fused-ring (bicyclic) bond motifs is 1. The van der Waals surface area contributed by atoms with Crippen LogP contribution in [0.15, 0.2) is 34.8 Å². The van der Waals surface area contributed by atoms with Gasteiger partial charge in [-0.3, -0.25) is 9.59 Å². The molecule has 3 aliphatic rings. The van der Waals surface area contributed by atoms with E-state index in [-0.39, 0.29) is 34.4 Å². The molecule has 7 nitrogen and oxygen atoms in total. The van der Waals surface area contributed by atoms with E-state index in [1.54, 1.807) is 0 Å². The van der Waals surface area contributed by atoms with Crippen LogP contribution >= 0.6 is 0 Å². The highest BCUT2D eigenvalue weighted by atomic mass is 16.4. The molecule has 32 heavy (non-hydrogen) atoms. The van der Waals surface area contributed by atoms with E-state index >= 15 is 0 Å². The summed E-state index contributed by atoms with van der Waals surface area (Å²) in [5.41, 5.74) is 0.947. The highest BCUT2D eigenvalue weighted by Gasteiger charge is 2.54. The predicted octanol–water partition coefficient (Wildman–Crippen LogP) is 3.45. The Morgan fingerprint density at radius 3 is 2.53 bits per heavy atom. The summed E-state index contributed by atoms with van der Waals surface area (Å²) in [5.74, 6) is -2.71. The normalized spacial score (nSPS) is 34.9. The second-order valence-electron chi connectivity index (χ2n) is 10.3. The Morgan fingerprint density at radius 2 is 1.94 bits per heavy atom. The number of nitrogens with one attached hydrogen (secondary N) is 1. The zero-order valence-electron chi connectivity index (χ0n) is 19.6. The van der Waals surface area contributed by atoms with Crippen LogP contribution in [0.1, 0.15) is 66.7 Å². The average molecular weight is 446 g/mol. The smallest absolute Gasteiger partial charge is 0.328 e. The maximum absolute atomic E-state index is 12.8. The van der Waals surface area contributed by atoms with Crippen LogP contribution < -0.4 is 5.32 Å². The molecular formula is C25H35NO6. The summed E-state index contributed by atoms with van der Waals surface area (Å²) in [7, 11) is 0. The summed E-state index contributed by atoms with van der Waals surface area (Å²) in [6.45, 7) is 10.1. The zero-order chi connectivity index (χ0) is 24.0. The Bertz CT molecular complexity index is 929. The van der Waals surface area contributed by atoms with Crippen LogP contribution in [-0.2, 0) is 14.4 Å². The first kappa shape index (κ1) is 24.2. The molecule has 7 heteroatoms. The summed E-state index contributed by atoms with van der Waals surface area (Å²) in [5, 5.41) is 32.6. The summed E-state index contributed by atoms with van der Waals surface area (Å²) >= 11 is 0. The van der Waals surface area contributed by atoms with Gasteiger partial charge in [-0.05, 0) is 68.6 Å². The lowest BCUT2D eigenvalue weighted by Crippen LogP contribution is -2.50. The third kappa shape index (κ3) is 3.91. The largest absolute Gasteiger partial charge is 0.505 e. The first-order valence-corrected chi connectivity index (χ1v) is 11.4. The number of hydrogen-bond acceptors (Lipinski definition) is 6. The van der Waals surface area contributed by atoms with E-state index in [1.807, 2.05) is 0 Å². The van der Waals surface area contributed by atoms with E-state index in [2.05, 4.69) is 39.1 Å². The van der Waals surface area contributed by atoms with Gasteiger partial charge in [0, 0.05) is 11.6 Å². The van der Waals surface area contributed by atoms with Gasteiger partial charge in [0.05, 0.1) is 11.8 Å². The minimum absolute atomic E-state index is 0.00898. The molecule has 4 N–H and O–H groups in total. The van der Waals surface area contributed by atoms with Gasteiger partial charge in [-0.25, -0.2) is 4.79 Å². The van der Waals surface area contributed by atoms with Crippen LogP contribution in [0.4, 0.5) is 0 Å². The number of carbonyl (C=O) groups is 3. The predicted molar refractivity (Wildman–Crippen MR) is 120 cm³/mol. The SMILES string of the molecule is CC1=CCC[C@H]2[C@](C)(CC3=C(O)C(NC(C(=O)O)C(C)O)=CC(=O)C3=O)[C@@H](C)CC[C@]12C. The fourth-order valence-electron chi connectivity index (χ4n) is 6.10. The number of ketones is 2. The highest BCUT2D eigenvalue weighted by Crippen LogP contribution is 2.62. The van der Waals surface area contributed by atoms with Crippen LogP contribution in [0.25, 0.3) is 0 Å². The topological polar surface area (TPSA) is 124 Å². The van der Waals surface area contributed by atoms with Gasteiger partial charge in [0.2, 0.25) is 11.6 Å². The van der Waals surface area contributed by atoms with E-state index in [0.717, 1.165) is 31.8 Å². The number of allylic oxidation sites excluding steroid dienone is 4. The standard InChI is InChI=1S/C25H35NO6/c1-13-7-6-8-19-24(13,4)10-9-14(2)25(19,5)12-16-21(29)17(11-18(28)22(16)30)26-20(15(3)27)23(31)32/h7,11,14-15,19-20,26-27,29H,6,8-10,12H2,1-5H3,(H,31,32)/t14-,15?,19+,20?,24+,25+/m0/s1.